The smallest absolute Gasteiger partial charge is 0.248 e. The van der Waals surface area contributed by atoms with E-state index in [0.717, 1.165) is 4.90 Å². The Labute approximate surface area is 215 Å². The summed E-state index contributed by atoms with van der Waals surface area (Å²) in [5.74, 6) is -0.970. The average molecular weight is 511 g/mol. The summed E-state index contributed by atoms with van der Waals surface area (Å²) in [6.07, 6.45) is -0.502. The molecule has 1 unspecified atom stereocenters. The first-order valence-electron chi connectivity index (χ1n) is 11.7. The van der Waals surface area contributed by atoms with E-state index < -0.39 is 35.1 Å². The summed E-state index contributed by atoms with van der Waals surface area (Å²) in [4.78, 5) is 40.7. The number of benzene rings is 2. The second-order valence-electron chi connectivity index (χ2n) is 9.50. The molecule has 9 nitrogen and oxygen atoms in total. The van der Waals surface area contributed by atoms with Gasteiger partial charge >= 0.3 is 0 Å². The van der Waals surface area contributed by atoms with E-state index in [1.807, 2.05) is 0 Å². The van der Waals surface area contributed by atoms with Gasteiger partial charge in [-0.25, -0.2) is 4.39 Å². The summed E-state index contributed by atoms with van der Waals surface area (Å²) in [7, 11) is 1.51. The van der Waals surface area contributed by atoms with Gasteiger partial charge in [0.05, 0.1) is 12.8 Å². The lowest BCUT2D eigenvalue weighted by Gasteiger charge is -2.34. The van der Waals surface area contributed by atoms with Crippen LogP contribution in [-0.4, -0.2) is 35.5 Å². The molecule has 0 aliphatic carbocycles. The van der Waals surface area contributed by atoms with Crippen LogP contribution in [0.15, 0.2) is 59.1 Å². The van der Waals surface area contributed by atoms with E-state index in [1.54, 1.807) is 64.1 Å². The zero-order valence-corrected chi connectivity index (χ0v) is 21.5. The quantitative estimate of drug-likeness (QED) is 0.437. The maximum atomic E-state index is 15.0. The first kappa shape index (κ1) is 27.4. The Bertz CT molecular complexity index is 1250. The van der Waals surface area contributed by atoms with Gasteiger partial charge in [0.25, 0.3) is 0 Å². The van der Waals surface area contributed by atoms with Gasteiger partial charge in [0.2, 0.25) is 17.7 Å². The van der Waals surface area contributed by atoms with Crippen LogP contribution in [-0.2, 0) is 14.4 Å². The van der Waals surface area contributed by atoms with Crippen LogP contribution >= 0.6 is 0 Å². The van der Waals surface area contributed by atoms with Crippen molar-refractivity contribution in [2.45, 2.75) is 52.1 Å². The zero-order chi connectivity index (χ0) is 27.2. The average Bonchev–Trinajstić information content (AvgIpc) is 3.24. The SMILES string of the molecule is COc1ccc(C(C(=O)NC(C)(C)C)N(C(=O)CCC(=O)Nc2cc(C)on2)c2ccccc2F)cc1. The van der Waals surface area contributed by atoms with Crippen LogP contribution in [0.2, 0.25) is 0 Å². The van der Waals surface area contributed by atoms with Crippen molar-refractivity contribution in [2.24, 2.45) is 0 Å². The third-order valence-corrected chi connectivity index (χ3v) is 5.28. The fourth-order valence-electron chi connectivity index (χ4n) is 3.68. The van der Waals surface area contributed by atoms with Gasteiger partial charge in [0.1, 0.15) is 23.4 Å². The summed E-state index contributed by atoms with van der Waals surface area (Å²) in [6, 6.07) is 12.6. The van der Waals surface area contributed by atoms with E-state index in [2.05, 4.69) is 15.8 Å². The van der Waals surface area contributed by atoms with Crippen molar-refractivity contribution >= 4 is 29.2 Å². The maximum absolute atomic E-state index is 15.0. The third-order valence-electron chi connectivity index (χ3n) is 5.28. The van der Waals surface area contributed by atoms with Gasteiger partial charge < -0.3 is 19.9 Å². The van der Waals surface area contributed by atoms with E-state index in [1.165, 1.54) is 25.3 Å². The van der Waals surface area contributed by atoms with E-state index in [-0.39, 0.29) is 24.3 Å². The molecule has 3 aromatic rings. The number of rotatable bonds is 9. The summed E-state index contributed by atoms with van der Waals surface area (Å²) >= 11 is 0. The molecule has 0 saturated carbocycles. The Morgan fingerprint density at radius 3 is 2.32 bits per heavy atom. The molecule has 3 amide bonds. The van der Waals surface area contributed by atoms with E-state index >= 15 is 4.39 Å². The van der Waals surface area contributed by atoms with Gasteiger partial charge in [-0.3, -0.25) is 19.3 Å². The molecule has 2 N–H and O–H groups in total. The predicted octanol–water partition coefficient (Wildman–Crippen LogP) is 4.54. The van der Waals surface area contributed by atoms with Crippen molar-refractivity contribution in [3.8, 4) is 5.75 Å². The molecule has 0 radical (unpaired) electrons. The monoisotopic (exact) mass is 510 g/mol. The lowest BCUT2D eigenvalue weighted by atomic mass is 10.00. The third kappa shape index (κ3) is 7.39. The molecule has 0 spiro atoms. The fraction of sp³-hybridized carbons (Fsp3) is 0.333. The minimum Gasteiger partial charge on any atom is -0.497 e. The van der Waals surface area contributed by atoms with Crippen molar-refractivity contribution in [3.05, 3.63) is 71.7 Å². The van der Waals surface area contributed by atoms with Gasteiger partial charge in [0, 0.05) is 24.4 Å². The highest BCUT2D eigenvalue weighted by atomic mass is 19.1. The summed E-state index contributed by atoms with van der Waals surface area (Å²) in [5, 5.41) is 9.14. The standard InChI is InChI=1S/C27H31FN4O5/c1-17-16-22(31-37-17)29-23(33)14-15-24(34)32(21-9-7-6-8-20(21)28)25(26(35)30-27(2,3)4)18-10-12-19(36-5)13-11-18/h6-13,16,25H,14-15H2,1-5H3,(H,30,35)(H,29,31,33). The van der Waals surface area contributed by atoms with Gasteiger partial charge in [0.15, 0.2) is 5.82 Å². The largest absolute Gasteiger partial charge is 0.497 e. The number of hydrogen-bond acceptors (Lipinski definition) is 6. The van der Waals surface area contributed by atoms with Crippen LogP contribution in [0.3, 0.4) is 0 Å². The molecule has 1 aromatic heterocycles. The summed E-state index contributed by atoms with van der Waals surface area (Å²) < 4.78 is 25.2. The van der Waals surface area contributed by atoms with Crippen LogP contribution in [0.5, 0.6) is 5.75 Å². The lowest BCUT2D eigenvalue weighted by molar-refractivity contribution is -0.128. The maximum Gasteiger partial charge on any atom is 0.248 e. The normalized spacial score (nSPS) is 11.9. The Morgan fingerprint density at radius 2 is 1.76 bits per heavy atom. The number of carbonyl (C=O) groups is 3. The number of carbonyl (C=O) groups excluding carboxylic acids is 3. The predicted molar refractivity (Wildman–Crippen MR) is 137 cm³/mol. The minimum absolute atomic E-state index is 0.0788. The van der Waals surface area contributed by atoms with Crippen molar-refractivity contribution in [1.82, 2.24) is 10.5 Å². The number of amides is 3. The number of anilines is 2. The minimum atomic E-state index is -1.21. The first-order chi connectivity index (χ1) is 17.5. The number of aryl methyl sites for hydroxylation is 1. The lowest BCUT2D eigenvalue weighted by Crippen LogP contribution is -2.49. The first-order valence-corrected chi connectivity index (χ1v) is 11.7. The van der Waals surface area contributed by atoms with Crippen molar-refractivity contribution in [3.63, 3.8) is 0 Å². The molecular weight excluding hydrogens is 479 g/mol. The Morgan fingerprint density at radius 1 is 1.08 bits per heavy atom. The van der Waals surface area contributed by atoms with E-state index in [4.69, 9.17) is 9.26 Å². The fourth-order valence-corrected chi connectivity index (χ4v) is 3.68. The molecule has 0 bridgehead atoms. The molecule has 10 heteroatoms. The number of nitrogens with one attached hydrogen (secondary N) is 2. The highest BCUT2D eigenvalue weighted by molar-refractivity contribution is 6.03. The van der Waals surface area contributed by atoms with Gasteiger partial charge in [-0.15, -0.1) is 0 Å². The Hall–Kier alpha value is -4.21. The van der Waals surface area contributed by atoms with E-state index in [0.29, 0.717) is 17.1 Å². The Kier molecular flexibility index (Phi) is 8.65. The molecule has 196 valence electrons. The van der Waals surface area contributed by atoms with E-state index in [9.17, 15) is 14.4 Å². The summed E-state index contributed by atoms with van der Waals surface area (Å²) in [6.45, 7) is 7.10. The van der Waals surface area contributed by atoms with Crippen molar-refractivity contribution in [2.75, 3.05) is 17.3 Å². The van der Waals surface area contributed by atoms with Crippen LogP contribution in [0.1, 0.15) is 51.0 Å². The van der Waals surface area contributed by atoms with Gasteiger partial charge in [-0.2, -0.15) is 0 Å². The number of para-hydroxylation sites is 1. The second kappa shape index (κ2) is 11.7. The number of ether oxygens (including phenoxy) is 1. The highest BCUT2D eigenvalue weighted by Gasteiger charge is 2.35. The molecule has 0 aliphatic rings. The molecule has 1 atom stereocenters. The molecule has 2 aromatic carbocycles. The molecule has 0 saturated heterocycles. The van der Waals surface area contributed by atoms with Crippen LogP contribution in [0.25, 0.3) is 0 Å². The zero-order valence-electron chi connectivity index (χ0n) is 21.5. The molecule has 0 aliphatic heterocycles. The number of methoxy groups -OCH3 is 1. The topological polar surface area (TPSA) is 114 Å². The number of halogens is 1. The molecular formula is C27H31FN4O5. The van der Waals surface area contributed by atoms with Crippen LogP contribution in [0.4, 0.5) is 15.9 Å². The Balaban J connectivity index is 1.97. The molecule has 3 rings (SSSR count). The van der Waals surface area contributed by atoms with Gasteiger partial charge in [-0.1, -0.05) is 29.4 Å². The number of aromatic nitrogens is 1. The molecule has 0 fully saturated rings. The van der Waals surface area contributed by atoms with Crippen molar-refractivity contribution in [1.29, 1.82) is 0 Å². The van der Waals surface area contributed by atoms with Gasteiger partial charge in [-0.05, 0) is 57.5 Å². The van der Waals surface area contributed by atoms with Crippen molar-refractivity contribution < 1.29 is 28.0 Å². The number of nitrogens with zero attached hydrogens (tertiary/aromatic N) is 2. The second-order valence-corrected chi connectivity index (χ2v) is 9.50. The number of hydrogen-bond donors (Lipinski definition) is 2. The summed E-state index contributed by atoms with van der Waals surface area (Å²) in [5.41, 5.74) is -0.256. The molecule has 1 heterocycles. The highest BCUT2D eigenvalue weighted by Crippen LogP contribution is 2.32. The molecule has 37 heavy (non-hydrogen) atoms. The van der Waals surface area contributed by atoms with Crippen LogP contribution in [0, 0.1) is 12.7 Å². The van der Waals surface area contributed by atoms with Crippen LogP contribution < -0.4 is 20.3 Å².